The first-order valence-corrected chi connectivity index (χ1v) is 20.9. The zero-order valence-corrected chi connectivity index (χ0v) is 33.0. The van der Waals surface area contributed by atoms with Gasteiger partial charge in [-0.05, 0) is 35.1 Å². The minimum atomic E-state index is -0.403. The lowest BCUT2D eigenvalue weighted by atomic mass is 9.98. The molecule has 0 unspecified atom stereocenters. The summed E-state index contributed by atoms with van der Waals surface area (Å²) in [7, 11) is 0. The van der Waals surface area contributed by atoms with E-state index in [-0.39, 0.29) is 5.92 Å². The highest BCUT2D eigenvalue weighted by Crippen LogP contribution is 2.44. The van der Waals surface area contributed by atoms with Gasteiger partial charge in [-0.1, -0.05) is 139 Å². The molecule has 0 radical (unpaired) electrons. The zero-order valence-electron chi connectivity index (χ0n) is 33.0. The fourth-order valence-electron chi connectivity index (χ4n) is 6.61. The number of hydrogen-bond acceptors (Lipinski definition) is 8. The standard InChI is InChI=1S/C44H71NO8/c1-2-3-4-5-6-7-8-9-10-11-12-13-14-19-26-47-28-30-49-32-34-51-36-37-52-35-33-50-31-29-48-27-20-25-45-44(46)53-38-43-41-23-17-15-21-39(41)40-22-16-18-24-42(40)43/h15-18,21-24,43H,2-14,19-20,25-38H2,1H3,(H,45,46). The van der Waals surface area contributed by atoms with E-state index in [9.17, 15) is 4.79 Å². The maximum Gasteiger partial charge on any atom is 0.407 e. The van der Waals surface area contributed by atoms with Gasteiger partial charge in [0.05, 0.1) is 66.1 Å². The van der Waals surface area contributed by atoms with Crippen LogP contribution in [0.4, 0.5) is 4.79 Å². The van der Waals surface area contributed by atoms with Crippen LogP contribution in [0.25, 0.3) is 11.1 Å². The Balaban J connectivity index is 0.952. The maximum absolute atomic E-state index is 12.3. The van der Waals surface area contributed by atoms with E-state index in [1.54, 1.807) is 0 Å². The quantitative estimate of drug-likeness (QED) is 0.0691. The van der Waals surface area contributed by atoms with Gasteiger partial charge in [-0.3, -0.25) is 0 Å². The van der Waals surface area contributed by atoms with Gasteiger partial charge in [0, 0.05) is 25.7 Å². The Hall–Kier alpha value is -2.53. The van der Waals surface area contributed by atoms with Crippen molar-refractivity contribution in [2.24, 2.45) is 0 Å². The van der Waals surface area contributed by atoms with E-state index < -0.39 is 6.09 Å². The number of carbonyl (C=O) groups excluding carboxylic acids is 1. The molecule has 3 rings (SSSR count). The Labute approximate surface area is 321 Å². The van der Waals surface area contributed by atoms with E-state index in [4.69, 9.17) is 33.2 Å². The number of rotatable bonds is 36. The first kappa shape index (κ1) is 44.9. The number of benzene rings is 2. The molecular weight excluding hydrogens is 670 g/mol. The first-order valence-electron chi connectivity index (χ1n) is 20.9. The molecule has 0 heterocycles. The summed E-state index contributed by atoms with van der Waals surface area (Å²) in [4.78, 5) is 12.3. The monoisotopic (exact) mass is 742 g/mol. The molecule has 53 heavy (non-hydrogen) atoms. The van der Waals surface area contributed by atoms with Crippen molar-refractivity contribution in [3.63, 3.8) is 0 Å². The smallest absolute Gasteiger partial charge is 0.407 e. The number of nitrogens with one attached hydrogen (secondary N) is 1. The molecule has 9 nitrogen and oxygen atoms in total. The number of amides is 1. The molecule has 0 spiro atoms. The molecular formula is C44H71NO8. The number of fused-ring (bicyclic) bond motifs is 3. The number of ether oxygens (including phenoxy) is 7. The average molecular weight is 742 g/mol. The van der Waals surface area contributed by atoms with Crippen molar-refractivity contribution in [3.05, 3.63) is 59.7 Å². The molecule has 2 aromatic rings. The van der Waals surface area contributed by atoms with Crippen molar-refractivity contribution in [1.29, 1.82) is 0 Å². The van der Waals surface area contributed by atoms with Crippen molar-refractivity contribution in [2.75, 3.05) is 92.4 Å². The minimum Gasteiger partial charge on any atom is -0.449 e. The second kappa shape index (κ2) is 31.8. The zero-order chi connectivity index (χ0) is 37.3. The first-order chi connectivity index (χ1) is 26.3. The highest BCUT2D eigenvalue weighted by atomic mass is 16.6. The lowest BCUT2D eigenvalue weighted by Gasteiger charge is -2.14. The maximum atomic E-state index is 12.3. The van der Waals surface area contributed by atoms with Crippen molar-refractivity contribution >= 4 is 6.09 Å². The van der Waals surface area contributed by atoms with Gasteiger partial charge in [-0.2, -0.15) is 0 Å². The summed E-state index contributed by atoms with van der Waals surface area (Å²) in [5.74, 6) is 0.0598. The third kappa shape index (κ3) is 21.2. The molecule has 2 aromatic carbocycles. The summed E-state index contributed by atoms with van der Waals surface area (Å²) < 4.78 is 39.1. The summed E-state index contributed by atoms with van der Waals surface area (Å²) in [6, 6.07) is 16.6. The van der Waals surface area contributed by atoms with Crippen molar-refractivity contribution in [1.82, 2.24) is 5.32 Å². The summed E-state index contributed by atoms with van der Waals surface area (Å²) in [5.41, 5.74) is 4.84. The number of unbranched alkanes of at least 4 members (excludes halogenated alkanes) is 13. The van der Waals surface area contributed by atoms with Crippen LogP contribution in [-0.2, 0) is 33.2 Å². The predicted molar refractivity (Wildman–Crippen MR) is 213 cm³/mol. The normalized spacial score (nSPS) is 12.2. The van der Waals surface area contributed by atoms with Crippen LogP contribution in [0.1, 0.15) is 120 Å². The summed E-state index contributed by atoms with van der Waals surface area (Å²) >= 11 is 0. The van der Waals surface area contributed by atoms with E-state index in [0.717, 1.165) is 13.0 Å². The molecule has 0 aliphatic heterocycles. The third-order valence-electron chi connectivity index (χ3n) is 9.58. The molecule has 300 valence electrons. The number of carbonyl (C=O) groups is 1. The van der Waals surface area contributed by atoms with Crippen LogP contribution in [0.3, 0.4) is 0 Å². The number of alkyl carbamates (subject to hydrolysis) is 1. The fraction of sp³-hybridized carbons (Fsp3) is 0.705. The van der Waals surface area contributed by atoms with Gasteiger partial charge >= 0.3 is 6.09 Å². The molecule has 0 bridgehead atoms. The largest absolute Gasteiger partial charge is 0.449 e. The lowest BCUT2D eigenvalue weighted by molar-refractivity contribution is -0.0169. The number of hydrogen-bond donors (Lipinski definition) is 1. The average Bonchev–Trinajstić information content (AvgIpc) is 3.50. The summed E-state index contributed by atoms with van der Waals surface area (Å²) in [6.45, 7) is 9.92. The van der Waals surface area contributed by atoms with Gasteiger partial charge < -0.3 is 38.5 Å². The van der Waals surface area contributed by atoms with Crippen molar-refractivity contribution in [2.45, 2.75) is 109 Å². The second-order valence-corrected chi connectivity index (χ2v) is 13.9. The summed E-state index contributed by atoms with van der Waals surface area (Å²) in [5, 5.41) is 2.82. The van der Waals surface area contributed by atoms with Crippen LogP contribution in [0.2, 0.25) is 0 Å². The van der Waals surface area contributed by atoms with Crippen molar-refractivity contribution < 1.29 is 38.0 Å². The van der Waals surface area contributed by atoms with Gasteiger partial charge in [0.1, 0.15) is 6.61 Å². The Kier molecular flexibility index (Phi) is 26.9. The topological polar surface area (TPSA) is 93.7 Å². The Morgan fingerprint density at radius 2 is 0.830 bits per heavy atom. The van der Waals surface area contributed by atoms with Gasteiger partial charge in [-0.15, -0.1) is 0 Å². The molecule has 0 saturated carbocycles. The molecule has 0 aromatic heterocycles. The van der Waals surface area contributed by atoms with E-state index in [1.807, 2.05) is 24.3 Å². The van der Waals surface area contributed by atoms with Crippen LogP contribution >= 0.6 is 0 Å². The minimum absolute atomic E-state index is 0.0598. The third-order valence-corrected chi connectivity index (χ3v) is 9.58. The fourth-order valence-corrected chi connectivity index (χ4v) is 6.61. The van der Waals surface area contributed by atoms with Gasteiger partial charge in [0.15, 0.2) is 0 Å². The van der Waals surface area contributed by atoms with Crippen LogP contribution in [0, 0.1) is 0 Å². The highest BCUT2D eigenvalue weighted by Gasteiger charge is 2.28. The Bertz CT molecular complexity index is 1120. The molecule has 1 aliphatic carbocycles. The van der Waals surface area contributed by atoms with Gasteiger partial charge in [0.2, 0.25) is 0 Å². The molecule has 1 amide bonds. The lowest BCUT2D eigenvalue weighted by Crippen LogP contribution is -2.27. The van der Waals surface area contributed by atoms with E-state index in [2.05, 4.69) is 36.5 Å². The van der Waals surface area contributed by atoms with E-state index >= 15 is 0 Å². The van der Waals surface area contributed by atoms with Crippen LogP contribution in [0.5, 0.6) is 0 Å². The molecule has 0 atom stereocenters. The van der Waals surface area contributed by atoms with Crippen LogP contribution < -0.4 is 5.32 Å². The molecule has 1 aliphatic rings. The molecule has 9 heteroatoms. The molecule has 0 fully saturated rings. The van der Waals surface area contributed by atoms with Crippen molar-refractivity contribution in [3.8, 4) is 11.1 Å². The predicted octanol–water partition coefficient (Wildman–Crippen LogP) is 9.50. The van der Waals surface area contributed by atoms with E-state index in [1.165, 1.54) is 106 Å². The molecule has 0 saturated heterocycles. The van der Waals surface area contributed by atoms with E-state index in [0.29, 0.717) is 92.2 Å². The molecule has 1 N–H and O–H groups in total. The highest BCUT2D eigenvalue weighted by molar-refractivity contribution is 5.79. The Morgan fingerprint density at radius 1 is 0.472 bits per heavy atom. The van der Waals surface area contributed by atoms with Crippen LogP contribution in [-0.4, -0.2) is 98.5 Å². The second-order valence-electron chi connectivity index (χ2n) is 13.9. The SMILES string of the molecule is CCCCCCCCCCCCCCCCOCCOCCOCCOCCOCCOCCCNC(=O)OCC1c2ccccc2-c2ccccc21. The van der Waals surface area contributed by atoms with Gasteiger partial charge in [-0.25, -0.2) is 4.79 Å². The van der Waals surface area contributed by atoms with Gasteiger partial charge in [0.25, 0.3) is 0 Å². The Morgan fingerprint density at radius 3 is 1.26 bits per heavy atom. The van der Waals surface area contributed by atoms with Crippen LogP contribution in [0.15, 0.2) is 48.5 Å². The summed E-state index contributed by atoms with van der Waals surface area (Å²) in [6.07, 6.45) is 19.5.